The van der Waals surface area contributed by atoms with E-state index in [0.717, 1.165) is 6.34 Å². The molecule has 0 spiro atoms. The standard InChI is InChI=1S/C10H9F3N4O4/c1-15(2)5-14-9-7(16(18)19)3-6(10(11,12)13)4-8(9)17(20)21/h3-5H,1-2H3. The maximum atomic E-state index is 12.6. The number of benzene rings is 1. The Kier molecular flexibility index (Phi) is 4.45. The average Bonchev–Trinajstić information content (AvgIpc) is 2.33. The predicted molar refractivity (Wildman–Crippen MR) is 66.6 cm³/mol. The van der Waals surface area contributed by atoms with E-state index in [9.17, 15) is 33.4 Å². The third kappa shape index (κ3) is 3.87. The van der Waals surface area contributed by atoms with Crippen LogP contribution in [-0.2, 0) is 6.18 Å². The first-order valence-electron chi connectivity index (χ1n) is 5.28. The summed E-state index contributed by atoms with van der Waals surface area (Å²) >= 11 is 0. The quantitative estimate of drug-likeness (QED) is 0.368. The monoisotopic (exact) mass is 306 g/mol. The molecule has 1 aromatic rings. The maximum absolute atomic E-state index is 12.6. The van der Waals surface area contributed by atoms with E-state index in [-0.39, 0.29) is 12.1 Å². The van der Waals surface area contributed by atoms with Gasteiger partial charge in [0.2, 0.25) is 5.69 Å². The minimum absolute atomic E-state index is 0.218. The summed E-state index contributed by atoms with van der Waals surface area (Å²) in [6.45, 7) is 0. The summed E-state index contributed by atoms with van der Waals surface area (Å²) in [5, 5.41) is 21.7. The molecule has 0 aliphatic rings. The Labute approximate surface area is 115 Å². The first-order valence-corrected chi connectivity index (χ1v) is 5.28. The van der Waals surface area contributed by atoms with Crippen LogP contribution in [0.2, 0.25) is 0 Å². The minimum Gasteiger partial charge on any atom is -0.369 e. The van der Waals surface area contributed by atoms with Crippen LogP contribution in [0.25, 0.3) is 0 Å². The summed E-state index contributed by atoms with van der Waals surface area (Å²) in [7, 11) is 2.98. The topological polar surface area (TPSA) is 102 Å². The fourth-order valence-electron chi connectivity index (χ4n) is 1.35. The summed E-state index contributed by atoms with van der Waals surface area (Å²) in [6, 6.07) is 0.435. The molecule has 0 amide bonds. The summed E-state index contributed by atoms with van der Waals surface area (Å²) < 4.78 is 37.9. The highest BCUT2D eigenvalue weighted by Crippen LogP contribution is 2.42. The molecule has 0 radical (unpaired) electrons. The van der Waals surface area contributed by atoms with Crippen molar-refractivity contribution in [1.82, 2.24) is 4.90 Å². The number of aliphatic imine (C=N–C) groups is 1. The first kappa shape index (κ1) is 16.3. The van der Waals surface area contributed by atoms with Crippen molar-refractivity contribution in [2.75, 3.05) is 14.1 Å². The van der Waals surface area contributed by atoms with Crippen molar-refractivity contribution in [3.05, 3.63) is 37.9 Å². The van der Waals surface area contributed by atoms with Gasteiger partial charge in [-0.05, 0) is 0 Å². The van der Waals surface area contributed by atoms with Gasteiger partial charge in [0.25, 0.3) is 0 Å². The lowest BCUT2D eigenvalue weighted by Crippen LogP contribution is -2.09. The fraction of sp³-hybridized carbons (Fsp3) is 0.300. The largest absolute Gasteiger partial charge is 0.416 e. The Balaban J connectivity index is 3.67. The first-order chi connectivity index (χ1) is 9.54. The highest BCUT2D eigenvalue weighted by Gasteiger charge is 2.37. The molecule has 0 bridgehead atoms. The molecule has 0 atom stereocenters. The Morgan fingerprint density at radius 3 is 1.86 bits per heavy atom. The zero-order valence-electron chi connectivity index (χ0n) is 10.8. The number of alkyl halides is 3. The molecule has 21 heavy (non-hydrogen) atoms. The molecule has 0 aliphatic carbocycles. The molecule has 0 saturated heterocycles. The van der Waals surface area contributed by atoms with Crippen molar-refractivity contribution in [2.24, 2.45) is 4.99 Å². The van der Waals surface area contributed by atoms with Gasteiger partial charge < -0.3 is 4.90 Å². The SMILES string of the molecule is CN(C)C=Nc1c([N+](=O)[O-])cc(C(F)(F)F)cc1[N+](=O)[O-]. The molecular weight excluding hydrogens is 297 g/mol. The lowest BCUT2D eigenvalue weighted by atomic mass is 10.1. The van der Waals surface area contributed by atoms with Crippen molar-refractivity contribution in [3.8, 4) is 0 Å². The van der Waals surface area contributed by atoms with Crippen LogP contribution in [0, 0.1) is 20.2 Å². The molecule has 0 heterocycles. The zero-order chi connectivity index (χ0) is 16.4. The van der Waals surface area contributed by atoms with Crippen molar-refractivity contribution in [3.63, 3.8) is 0 Å². The Bertz CT molecular complexity index is 578. The minimum atomic E-state index is -4.95. The number of hydrogen-bond donors (Lipinski definition) is 0. The van der Waals surface area contributed by atoms with Gasteiger partial charge in [-0.1, -0.05) is 0 Å². The number of halogens is 3. The van der Waals surface area contributed by atoms with E-state index in [1.54, 1.807) is 0 Å². The van der Waals surface area contributed by atoms with Crippen LogP contribution in [0.5, 0.6) is 0 Å². The molecule has 0 N–H and O–H groups in total. The Morgan fingerprint density at radius 2 is 1.57 bits per heavy atom. The lowest BCUT2D eigenvalue weighted by Gasteiger charge is -2.08. The number of rotatable bonds is 4. The summed E-state index contributed by atoms with van der Waals surface area (Å²) in [4.78, 5) is 24.2. The van der Waals surface area contributed by atoms with Crippen molar-refractivity contribution < 1.29 is 23.0 Å². The van der Waals surface area contributed by atoms with E-state index in [1.165, 1.54) is 19.0 Å². The van der Waals surface area contributed by atoms with Crippen molar-refractivity contribution in [2.45, 2.75) is 6.18 Å². The number of nitro groups is 2. The van der Waals surface area contributed by atoms with Crippen LogP contribution < -0.4 is 0 Å². The van der Waals surface area contributed by atoms with Gasteiger partial charge in [0, 0.05) is 26.2 Å². The van der Waals surface area contributed by atoms with Gasteiger partial charge >= 0.3 is 17.6 Å². The van der Waals surface area contributed by atoms with Gasteiger partial charge in [0.05, 0.1) is 21.7 Å². The van der Waals surface area contributed by atoms with Crippen LogP contribution in [0.3, 0.4) is 0 Å². The van der Waals surface area contributed by atoms with Gasteiger partial charge in [-0.2, -0.15) is 13.2 Å². The van der Waals surface area contributed by atoms with Gasteiger partial charge in [-0.25, -0.2) is 4.99 Å². The lowest BCUT2D eigenvalue weighted by molar-refractivity contribution is -0.392. The van der Waals surface area contributed by atoms with Crippen LogP contribution in [-0.4, -0.2) is 35.2 Å². The van der Waals surface area contributed by atoms with Crippen LogP contribution in [0.4, 0.5) is 30.2 Å². The van der Waals surface area contributed by atoms with Crippen molar-refractivity contribution in [1.29, 1.82) is 0 Å². The fourth-order valence-corrected chi connectivity index (χ4v) is 1.35. The molecular formula is C10H9F3N4O4. The van der Waals surface area contributed by atoms with Gasteiger partial charge in [0.1, 0.15) is 0 Å². The molecule has 0 saturated carbocycles. The average molecular weight is 306 g/mol. The second-order valence-electron chi connectivity index (χ2n) is 4.08. The molecule has 8 nitrogen and oxygen atoms in total. The molecule has 1 aromatic carbocycles. The van der Waals surface area contributed by atoms with Gasteiger partial charge in [-0.3, -0.25) is 20.2 Å². The van der Waals surface area contributed by atoms with Gasteiger partial charge in [-0.15, -0.1) is 0 Å². The molecule has 114 valence electrons. The third-order valence-electron chi connectivity index (χ3n) is 2.21. The Hall–Kier alpha value is -2.72. The van der Waals surface area contributed by atoms with E-state index < -0.39 is 38.6 Å². The summed E-state index contributed by atoms with van der Waals surface area (Å²) in [6.07, 6.45) is -3.93. The highest BCUT2D eigenvalue weighted by molar-refractivity contribution is 5.76. The second kappa shape index (κ2) is 5.73. The van der Waals surface area contributed by atoms with E-state index in [4.69, 9.17) is 0 Å². The smallest absolute Gasteiger partial charge is 0.369 e. The number of nitro benzene ring substituents is 2. The molecule has 0 fully saturated rings. The number of hydrogen-bond acceptors (Lipinski definition) is 5. The normalized spacial score (nSPS) is 11.7. The highest BCUT2D eigenvalue weighted by atomic mass is 19.4. The molecule has 0 aliphatic heterocycles. The maximum Gasteiger partial charge on any atom is 0.416 e. The molecule has 0 unspecified atom stereocenters. The van der Waals surface area contributed by atoms with E-state index in [0.29, 0.717) is 0 Å². The zero-order valence-corrected chi connectivity index (χ0v) is 10.8. The number of nitrogens with zero attached hydrogens (tertiary/aromatic N) is 4. The summed E-state index contributed by atoms with van der Waals surface area (Å²) in [5.74, 6) is 0. The molecule has 0 aromatic heterocycles. The molecule has 1 rings (SSSR count). The Morgan fingerprint density at radius 1 is 1.14 bits per heavy atom. The second-order valence-corrected chi connectivity index (χ2v) is 4.08. The molecule has 11 heteroatoms. The van der Waals surface area contributed by atoms with E-state index >= 15 is 0 Å². The van der Waals surface area contributed by atoms with E-state index in [2.05, 4.69) is 4.99 Å². The third-order valence-corrected chi connectivity index (χ3v) is 2.21. The van der Waals surface area contributed by atoms with Crippen molar-refractivity contribution >= 4 is 23.4 Å². The van der Waals surface area contributed by atoms with Crippen LogP contribution in [0.15, 0.2) is 17.1 Å². The predicted octanol–water partition coefficient (Wildman–Crippen LogP) is 2.74. The van der Waals surface area contributed by atoms with Crippen LogP contribution in [0.1, 0.15) is 5.56 Å². The van der Waals surface area contributed by atoms with E-state index in [1.807, 2.05) is 0 Å². The van der Waals surface area contributed by atoms with Crippen LogP contribution >= 0.6 is 0 Å². The van der Waals surface area contributed by atoms with Gasteiger partial charge in [0.15, 0.2) is 0 Å². The summed E-state index contributed by atoms with van der Waals surface area (Å²) in [5.41, 5.74) is -4.40.